The van der Waals surface area contributed by atoms with Crippen molar-refractivity contribution < 1.29 is 33.7 Å². The second-order valence-electron chi connectivity index (χ2n) is 9.57. The quantitative estimate of drug-likeness (QED) is 0.277. The molecule has 0 fully saturated rings. The van der Waals surface area contributed by atoms with Crippen molar-refractivity contribution in [2.24, 2.45) is 12.5 Å². The highest BCUT2D eigenvalue weighted by molar-refractivity contribution is 6.88. The Bertz CT molecular complexity index is 1070. The van der Waals surface area contributed by atoms with E-state index in [0.717, 1.165) is 22.9 Å². The second kappa shape index (κ2) is 7.94. The zero-order valence-corrected chi connectivity index (χ0v) is 20.0. The molecule has 8 heteroatoms. The van der Waals surface area contributed by atoms with E-state index in [4.69, 9.17) is 2.74 Å². The summed E-state index contributed by atoms with van der Waals surface area (Å²) in [6.45, 7) is 11.0. The number of aryl methyl sites for hydroxylation is 3. The van der Waals surface area contributed by atoms with Crippen molar-refractivity contribution in [2.45, 2.75) is 66.1 Å². The van der Waals surface area contributed by atoms with E-state index in [0.29, 0.717) is 19.5 Å². The van der Waals surface area contributed by atoms with Crippen LogP contribution in [0.25, 0.3) is 11.3 Å². The van der Waals surface area contributed by atoms with Gasteiger partial charge in [0.15, 0.2) is 6.20 Å². The third-order valence-corrected chi connectivity index (χ3v) is 7.53. The maximum absolute atomic E-state index is 14.0. The summed E-state index contributed by atoms with van der Waals surface area (Å²) < 4.78 is 101. The van der Waals surface area contributed by atoms with E-state index in [1.54, 1.807) is 17.7 Å². The zero-order chi connectivity index (χ0) is 25.9. The minimum absolute atomic E-state index is 0.194. The number of pyridine rings is 1. The van der Waals surface area contributed by atoms with Gasteiger partial charge in [0.2, 0.25) is 5.69 Å². The van der Waals surface area contributed by atoms with Crippen molar-refractivity contribution in [1.82, 2.24) is 0 Å². The SMILES string of the molecule is [2H]C([2H])(c1cc(C)c(-c2cc(C)c([Si](C)(C)C)c[n+]2C)cc1C(F)(F)F)C(C)(C)C(F)(F)F. The van der Waals surface area contributed by atoms with Gasteiger partial charge in [-0.25, -0.2) is 4.57 Å². The largest absolute Gasteiger partial charge is 0.416 e. The van der Waals surface area contributed by atoms with Crippen LogP contribution in [0.3, 0.4) is 0 Å². The Morgan fingerprint density at radius 3 is 1.94 bits per heavy atom. The zero-order valence-electron chi connectivity index (χ0n) is 21.0. The van der Waals surface area contributed by atoms with E-state index in [2.05, 4.69) is 19.6 Å². The van der Waals surface area contributed by atoms with Crippen LogP contribution in [-0.2, 0) is 19.6 Å². The highest BCUT2D eigenvalue weighted by Crippen LogP contribution is 2.44. The first-order valence-corrected chi connectivity index (χ1v) is 13.3. The van der Waals surface area contributed by atoms with Crippen molar-refractivity contribution in [3.05, 3.63) is 46.6 Å². The Balaban J connectivity index is 2.87. The Labute approximate surface area is 183 Å². The Hall–Kier alpha value is -1.83. The summed E-state index contributed by atoms with van der Waals surface area (Å²) in [5.41, 5.74) is -3.62. The predicted molar refractivity (Wildman–Crippen MR) is 114 cm³/mol. The maximum Gasteiger partial charge on any atom is 0.416 e. The average Bonchev–Trinajstić information content (AvgIpc) is 2.60. The highest BCUT2D eigenvalue weighted by Gasteiger charge is 2.48. The van der Waals surface area contributed by atoms with Crippen LogP contribution >= 0.6 is 0 Å². The van der Waals surface area contributed by atoms with Crippen LogP contribution in [0.2, 0.25) is 19.6 Å². The molecule has 1 nitrogen and oxygen atoms in total. The van der Waals surface area contributed by atoms with E-state index >= 15 is 0 Å². The molecular weight excluding hydrogens is 432 g/mol. The molecule has 0 amide bonds. The van der Waals surface area contributed by atoms with Gasteiger partial charge in [-0.1, -0.05) is 39.6 Å². The minimum Gasteiger partial charge on any atom is -0.201 e. The molecular formula is C23H30F6NSi+. The lowest BCUT2D eigenvalue weighted by Gasteiger charge is -2.29. The summed E-state index contributed by atoms with van der Waals surface area (Å²) in [7, 11) is -0.00391. The first kappa shape index (κ1) is 22.4. The molecule has 1 heterocycles. The summed E-state index contributed by atoms with van der Waals surface area (Å²) in [5.74, 6) is 0. The third-order valence-electron chi connectivity index (χ3n) is 5.39. The maximum atomic E-state index is 14.0. The number of benzene rings is 1. The van der Waals surface area contributed by atoms with Gasteiger partial charge in [-0.15, -0.1) is 0 Å². The molecule has 0 aliphatic rings. The van der Waals surface area contributed by atoms with E-state index in [1.165, 1.54) is 6.92 Å². The normalized spacial score (nSPS) is 15.0. The Kier molecular flexibility index (Phi) is 5.73. The van der Waals surface area contributed by atoms with Gasteiger partial charge in [0.1, 0.15) is 7.05 Å². The van der Waals surface area contributed by atoms with E-state index < -0.39 is 43.3 Å². The van der Waals surface area contributed by atoms with Gasteiger partial charge in [-0.2, -0.15) is 26.3 Å². The van der Waals surface area contributed by atoms with E-state index in [-0.39, 0.29) is 11.1 Å². The number of alkyl halides is 6. The summed E-state index contributed by atoms with van der Waals surface area (Å²) >= 11 is 0. The number of hydrogen-bond acceptors (Lipinski definition) is 0. The van der Waals surface area contributed by atoms with Crippen LogP contribution < -0.4 is 9.75 Å². The topological polar surface area (TPSA) is 3.88 Å². The first-order chi connectivity index (χ1) is 14.5. The van der Waals surface area contributed by atoms with Crippen molar-refractivity contribution in [3.63, 3.8) is 0 Å². The van der Waals surface area contributed by atoms with Crippen LogP contribution in [0, 0.1) is 19.3 Å². The molecule has 0 atom stereocenters. The van der Waals surface area contributed by atoms with Gasteiger partial charge in [-0.3, -0.25) is 0 Å². The van der Waals surface area contributed by atoms with Gasteiger partial charge in [0, 0.05) is 19.6 Å². The molecule has 0 radical (unpaired) electrons. The molecule has 31 heavy (non-hydrogen) atoms. The lowest BCUT2D eigenvalue weighted by Crippen LogP contribution is -2.46. The van der Waals surface area contributed by atoms with Crippen LogP contribution in [-0.4, -0.2) is 14.3 Å². The van der Waals surface area contributed by atoms with Crippen LogP contribution in [0.1, 0.15) is 38.8 Å². The molecule has 1 aromatic heterocycles. The first-order valence-electron chi connectivity index (χ1n) is 10.8. The smallest absolute Gasteiger partial charge is 0.201 e. The van der Waals surface area contributed by atoms with Gasteiger partial charge >= 0.3 is 12.4 Å². The average molecular weight is 465 g/mol. The van der Waals surface area contributed by atoms with Crippen LogP contribution in [0.15, 0.2) is 24.4 Å². The fraction of sp³-hybridized carbons (Fsp3) is 0.522. The lowest BCUT2D eigenvalue weighted by atomic mass is 9.82. The van der Waals surface area contributed by atoms with E-state index in [1.807, 2.05) is 13.1 Å². The molecule has 0 spiro atoms. The van der Waals surface area contributed by atoms with Gasteiger partial charge in [0.05, 0.1) is 19.1 Å². The van der Waals surface area contributed by atoms with Crippen LogP contribution in [0.4, 0.5) is 26.3 Å². The lowest BCUT2D eigenvalue weighted by molar-refractivity contribution is -0.659. The number of halogens is 6. The Morgan fingerprint density at radius 2 is 1.48 bits per heavy atom. The third kappa shape index (κ3) is 5.33. The van der Waals surface area contributed by atoms with Gasteiger partial charge < -0.3 is 0 Å². The molecule has 0 saturated carbocycles. The van der Waals surface area contributed by atoms with Gasteiger partial charge in [-0.05, 0) is 43.0 Å². The number of nitrogens with zero attached hydrogens (tertiary/aromatic N) is 1. The predicted octanol–water partition coefficient (Wildman–Crippen LogP) is 6.49. The molecule has 172 valence electrons. The fourth-order valence-electron chi connectivity index (χ4n) is 3.53. The van der Waals surface area contributed by atoms with Gasteiger partial charge in [0.25, 0.3) is 0 Å². The highest BCUT2D eigenvalue weighted by atomic mass is 28.3. The number of aromatic nitrogens is 1. The monoisotopic (exact) mass is 464 g/mol. The molecule has 0 bridgehead atoms. The number of hydrogen-bond donors (Lipinski definition) is 0. The van der Waals surface area contributed by atoms with Crippen molar-refractivity contribution in [2.75, 3.05) is 0 Å². The van der Waals surface area contributed by atoms with E-state index in [9.17, 15) is 26.3 Å². The molecule has 0 N–H and O–H groups in total. The standard InChI is InChI=1S/C23H30F6NSi/c1-14-9-16(12-21(3,4)23(27,28)29)18(22(24,25)26)11-17(14)19-10-15(2)20(13-30(19)5)31(6,7)8/h9-11,13H,12H2,1-8H3/q+1/i12D2. The fourth-order valence-corrected chi connectivity index (χ4v) is 5.37. The molecule has 0 unspecified atom stereocenters. The number of rotatable bonds is 4. The molecule has 2 aromatic rings. The van der Waals surface area contributed by atoms with Crippen molar-refractivity contribution >= 4 is 13.3 Å². The molecule has 0 saturated heterocycles. The minimum atomic E-state index is -5.05. The second-order valence-corrected chi connectivity index (χ2v) is 14.6. The van der Waals surface area contributed by atoms with Crippen molar-refractivity contribution in [1.29, 1.82) is 0 Å². The molecule has 1 aromatic carbocycles. The Morgan fingerprint density at radius 1 is 0.935 bits per heavy atom. The molecule has 0 aliphatic heterocycles. The molecule has 2 rings (SSSR count). The molecule has 0 aliphatic carbocycles. The van der Waals surface area contributed by atoms with Crippen molar-refractivity contribution in [3.8, 4) is 11.3 Å². The summed E-state index contributed by atoms with van der Waals surface area (Å²) in [5, 5.41) is 1.14. The summed E-state index contributed by atoms with van der Waals surface area (Å²) in [4.78, 5) is 0. The summed E-state index contributed by atoms with van der Waals surface area (Å²) in [6.07, 6.45) is -11.5. The van der Waals surface area contributed by atoms with Crippen LogP contribution in [0.5, 0.6) is 0 Å². The summed E-state index contributed by atoms with van der Waals surface area (Å²) in [6, 6.07) is 3.47.